The monoisotopic (exact) mass is 362 g/mol. The maximum atomic E-state index is 10.5. The van der Waals surface area contributed by atoms with Crippen molar-refractivity contribution in [3.8, 4) is 0 Å². The average Bonchev–Trinajstić information content (AvgIpc) is 2.96. The molecule has 3 unspecified atom stereocenters. The van der Waals surface area contributed by atoms with Crippen LogP contribution in [0.1, 0.15) is 73.1 Å². The van der Waals surface area contributed by atoms with Gasteiger partial charge in [-0.25, -0.2) is 0 Å². The van der Waals surface area contributed by atoms with Gasteiger partial charge < -0.3 is 14.6 Å². The average molecular weight is 363 g/mol. The molecule has 0 radical (unpaired) electrons. The molecule has 3 nitrogen and oxygen atoms in total. The van der Waals surface area contributed by atoms with Gasteiger partial charge in [-0.05, 0) is 68.9 Å². The summed E-state index contributed by atoms with van der Waals surface area (Å²) in [4.78, 5) is 0. The van der Waals surface area contributed by atoms with Gasteiger partial charge in [0, 0.05) is 6.61 Å². The lowest BCUT2D eigenvalue weighted by atomic mass is 9.74. The van der Waals surface area contributed by atoms with Crippen molar-refractivity contribution in [2.45, 2.75) is 84.3 Å². The highest BCUT2D eigenvalue weighted by Gasteiger charge is 2.40. The Kier molecular flexibility index (Phi) is 7.29. The van der Waals surface area contributed by atoms with Crippen molar-refractivity contribution in [2.75, 3.05) is 19.8 Å². The van der Waals surface area contributed by atoms with Gasteiger partial charge in [-0.3, -0.25) is 0 Å². The third-order valence-electron chi connectivity index (χ3n) is 6.57. The van der Waals surface area contributed by atoms with Gasteiger partial charge >= 0.3 is 0 Å². The number of allylic oxidation sites excluding steroid dienone is 3. The van der Waals surface area contributed by atoms with Crippen LogP contribution in [0.15, 0.2) is 35.5 Å². The normalized spacial score (nSPS) is 28.1. The molecule has 0 aromatic rings. The lowest BCUT2D eigenvalue weighted by Gasteiger charge is -2.38. The standard InChI is InChI=1S/C23H38O3/c1-6-21(4,17-23(8-3)14-15-25-18-23)26-16-19-10-9-11-20(13-12-19)22(5,24)7-2/h9-10,12-13,24H,6-8,11,14-18H2,1-5H3. The summed E-state index contributed by atoms with van der Waals surface area (Å²) in [5, 5.41) is 10.5. The summed E-state index contributed by atoms with van der Waals surface area (Å²) in [7, 11) is 0. The molecule has 1 aliphatic carbocycles. The summed E-state index contributed by atoms with van der Waals surface area (Å²) < 4.78 is 12.1. The summed E-state index contributed by atoms with van der Waals surface area (Å²) in [6, 6.07) is 0. The molecule has 3 heteroatoms. The van der Waals surface area contributed by atoms with Crippen LogP contribution < -0.4 is 0 Å². The van der Waals surface area contributed by atoms with Crippen molar-refractivity contribution in [1.29, 1.82) is 0 Å². The van der Waals surface area contributed by atoms with Crippen LogP contribution in [0.3, 0.4) is 0 Å². The second-order valence-electron chi connectivity index (χ2n) is 8.59. The van der Waals surface area contributed by atoms with E-state index in [0.717, 1.165) is 57.3 Å². The van der Waals surface area contributed by atoms with Crippen molar-refractivity contribution in [2.24, 2.45) is 5.41 Å². The molecule has 0 aromatic heterocycles. The second kappa shape index (κ2) is 8.86. The predicted octanol–water partition coefficient (Wildman–Crippen LogP) is 5.35. The van der Waals surface area contributed by atoms with E-state index in [1.165, 1.54) is 5.57 Å². The third-order valence-corrected chi connectivity index (χ3v) is 6.57. The molecule has 1 fully saturated rings. The summed E-state index contributed by atoms with van der Waals surface area (Å²) in [6.45, 7) is 13.0. The molecule has 0 amide bonds. The Bertz CT molecular complexity index is 550. The molecule has 2 rings (SSSR count). The van der Waals surface area contributed by atoms with Crippen LogP contribution in [0, 0.1) is 5.41 Å². The minimum Gasteiger partial charge on any atom is -0.386 e. The third kappa shape index (κ3) is 5.31. The molecule has 0 spiro atoms. The van der Waals surface area contributed by atoms with Crippen LogP contribution in [-0.4, -0.2) is 36.1 Å². The van der Waals surface area contributed by atoms with Crippen LogP contribution in [0.4, 0.5) is 0 Å². The van der Waals surface area contributed by atoms with Gasteiger partial charge in [-0.15, -0.1) is 0 Å². The fourth-order valence-corrected chi connectivity index (χ4v) is 3.91. The van der Waals surface area contributed by atoms with E-state index in [2.05, 4.69) is 45.1 Å². The summed E-state index contributed by atoms with van der Waals surface area (Å²) in [6.07, 6.45) is 14.3. The minimum absolute atomic E-state index is 0.133. The molecule has 1 heterocycles. The fraction of sp³-hybridized carbons (Fsp3) is 0.739. The Labute approximate surface area is 160 Å². The van der Waals surface area contributed by atoms with Gasteiger partial charge in [0.1, 0.15) is 0 Å². The highest BCUT2D eigenvalue weighted by atomic mass is 16.5. The van der Waals surface area contributed by atoms with Gasteiger partial charge in [-0.2, -0.15) is 0 Å². The molecule has 2 aliphatic rings. The number of rotatable bonds is 9. The largest absolute Gasteiger partial charge is 0.386 e. The second-order valence-corrected chi connectivity index (χ2v) is 8.59. The van der Waals surface area contributed by atoms with Crippen molar-refractivity contribution in [3.63, 3.8) is 0 Å². The smallest absolute Gasteiger partial charge is 0.0832 e. The van der Waals surface area contributed by atoms with E-state index in [4.69, 9.17) is 9.47 Å². The lowest BCUT2D eigenvalue weighted by Crippen LogP contribution is -2.37. The molecule has 0 bridgehead atoms. The van der Waals surface area contributed by atoms with Gasteiger partial charge in [0.2, 0.25) is 0 Å². The minimum atomic E-state index is -0.731. The Morgan fingerprint density at radius 3 is 2.54 bits per heavy atom. The molecule has 26 heavy (non-hydrogen) atoms. The molecule has 148 valence electrons. The van der Waals surface area contributed by atoms with E-state index in [0.29, 0.717) is 6.61 Å². The van der Waals surface area contributed by atoms with Crippen molar-refractivity contribution >= 4 is 0 Å². The first-order chi connectivity index (χ1) is 12.3. The Morgan fingerprint density at radius 2 is 1.96 bits per heavy atom. The Morgan fingerprint density at radius 1 is 1.19 bits per heavy atom. The van der Waals surface area contributed by atoms with E-state index in [9.17, 15) is 5.11 Å². The van der Waals surface area contributed by atoms with E-state index < -0.39 is 5.60 Å². The highest BCUT2D eigenvalue weighted by Crippen LogP contribution is 2.42. The maximum Gasteiger partial charge on any atom is 0.0832 e. The molecule has 0 saturated carbocycles. The molecular formula is C23H38O3. The van der Waals surface area contributed by atoms with E-state index >= 15 is 0 Å². The predicted molar refractivity (Wildman–Crippen MR) is 108 cm³/mol. The topological polar surface area (TPSA) is 38.7 Å². The zero-order valence-electron chi connectivity index (χ0n) is 17.4. The summed E-state index contributed by atoms with van der Waals surface area (Å²) >= 11 is 0. The highest BCUT2D eigenvalue weighted by molar-refractivity contribution is 5.34. The van der Waals surface area contributed by atoms with Crippen LogP contribution in [0.2, 0.25) is 0 Å². The van der Waals surface area contributed by atoms with Gasteiger partial charge in [0.05, 0.1) is 24.4 Å². The van der Waals surface area contributed by atoms with Crippen molar-refractivity contribution in [1.82, 2.24) is 0 Å². The first-order valence-electron chi connectivity index (χ1n) is 10.3. The molecule has 0 aromatic carbocycles. The van der Waals surface area contributed by atoms with Crippen molar-refractivity contribution in [3.05, 3.63) is 35.5 Å². The van der Waals surface area contributed by atoms with Gasteiger partial charge in [0.15, 0.2) is 0 Å². The first kappa shape index (κ1) is 21.4. The maximum absolute atomic E-state index is 10.5. The van der Waals surface area contributed by atoms with E-state index in [1.807, 2.05) is 13.8 Å². The van der Waals surface area contributed by atoms with Crippen LogP contribution in [-0.2, 0) is 9.47 Å². The van der Waals surface area contributed by atoms with Crippen LogP contribution in [0.25, 0.3) is 0 Å². The fourth-order valence-electron chi connectivity index (χ4n) is 3.91. The molecule has 1 saturated heterocycles. The quantitative estimate of drug-likeness (QED) is 0.601. The van der Waals surface area contributed by atoms with E-state index in [1.54, 1.807) is 0 Å². The molecular weight excluding hydrogens is 324 g/mol. The number of hydrogen-bond acceptors (Lipinski definition) is 3. The zero-order valence-corrected chi connectivity index (χ0v) is 17.4. The Balaban J connectivity index is 2.03. The summed E-state index contributed by atoms with van der Waals surface area (Å²) in [5.74, 6) is 0. The van der Waals surface area contributed by atoms with Crippen molar-refractivity contribution < 1.29 is 14.6 Å². The SMILES string of the molecule is CCC1(CC(C)(CC)OCC2=CC=C(C(C)(O)CC)CC=C2)CCOC1. The number of aliphatic hydroxyl groups is 1. The molecule has 1 aliphatic heterocycles. The molecule has 3 atom stereocenters. The number of hydrogen-bond donors (Lipinski definition) is 1. The van der Waals surface area contributed by atoms with Crippen LogP contribution in [0.5, 0.6) is 0 Å². The number of ether oxygens (including phenoxy) is 2. The lowest BCUT2D eigenvalue weighted by molar-refractivity contribution is -0.0590. The van der Waals surface area contributed by atoms with Gasteiger partial charge in [0.25, 0.3) is 0 Å². The summed E-state index contributed by atoms with van der Waals surface area (Å²) in [5.41, 5.74) is 1.64. The molecule has 1 N–H and O–H groups in total. The zero-order chi connectivity index (χ0) is 19.3. The Hall–Kier alpha value is -0.900. The van der Waals surface area contributed by atoms with Crippen LogP contribution >= 0.6 is 0 Å². The van der Waals surface area contributed by atoms with E-state index in [-0.39, 0.29) is 11.0 Å². The van der Waals surface area contributed by atoms with Gasteiger partial charge in [-0.1, -0.05) is 45.1 Å². The first-order valence-corrected chi connectivity index (χ1v) is 10.3.